The number of nitrogens with zero attached hydrogens (tertiary/aromatic N) is 1. The lowest BCUT2D eigenvalue weighted by Gasteiger charge is -2.28. The molecule has 2 aliphatic rings. The summed E-state index contributed by atoms with van der Waals surface area (Å²) < 4.78 is 37.1. The first-order chi connectivity index (χ1) is 10.8. The number of hydroxylamine groups is 1. The molecule has 2 heterocycles. The highest BCUT2D eigenvalue weighted by atomic mass is 19.4. The summed E-state index contributed by atoms with van der Waals surface area (Å²) in [6, 6.07) is 5.11. The van der Waals surface area contributed by atoms with E-state index < -0.39 is 18.1 Å². The minimum absolute atomic E-state index is 0.0114. The maximum atomic E-state index is 12.4. The lowest BCUT2D eigenvalue weighted by Crippen LogP contribution is -2.41. The van der Waals surface area contributed by atoms with E-state index in [0.29, 0.717) is 17.0 Å². The quantitative estimate of drug-likeness (QED) is 0.903. The van der Waals surface area contributed by atoms with Gasteiger partial charge in [-0.15, -0.1) is 5.06 Å². The standard InChI is InChI=1S/C15H13F3N2O3/c16-15(17,18)14(22)23-20-12-6-9(5-10-7-19-8-10)1-2-11(12)3-4-13(20)21/h1-2,5-6,19H,3-4,7-8H2. The molecule has 1 aromatic carbocycles. The number of amides is 1. The zero-order chi connectivity index (χ0) is 16.6. The molecule has 3 rings (SSSR count). The van der Waals surface area contributed by atoms with E-state index in [1.807, 2.05) is 12.1 Å². The number of aryl methyl sites for hydroxylation is 1. The Morgan fingerprint density at radius 3 is 2.61 bits per heavy atom. The summed E-state index contributed by atoms with van der Waals surface area (Å²) in [5.41, 5.74) is 2.72. The Labute approximate surface area is 129 Å². The van der Waals surface area contributed by atoms with Gasteiger partial charge in [-0.05, 0) is 29.2 Å². The van der Waals surface area contributed by atoms with Crippen molar-refractivity contribution in [1.82, 2.24) is 5.32 Å². The maximum absolute atomic E-state index is 12.4. The molecule has 0 unspecified atom stereocenters. The molecule has 0 atom stereocenters. The zero-order valence-corrected chi connectivity index (χ0v) is 11.9. The van der Waals surface area contributed by atoms with E-state index >= 15 is 0 Å². The number of anilines is 1. The topological polar surface area (TPSA) is 58.6 Å². The van der Waals surface area contributed by atoms with Crippen LogP contribution in [0.15, 0.2) is 23.8 Å². The molecule has 1 saturated heterocycles. The van der Waals surface area contributed by atoms with Crippen molar-refractivity contribution in [2.75, 3.05) is 18.2 Å². The molecule has 5 nitrogen and oxygen atoms in total. The van der Waals surface area contributed by atoms with Crippen LogP contribution in [0.5, 0.6) is 0 Å². The van der Waals surface area contributed by atoms with E-state index in [1.54, 1.807) is 12.1 Å². The van der Waals surface area contributed by atoms with Crippen LogP contribution in [0, 0.1) is 0 Å². The van der Waals surface area contributed by atoms with Crippen LogP contribution in [0.4, 0.5) is 18.9 Å². The first-order valence-corrected chi connectivity index (χ1v) is 7.00. The van der Waals surface area contributed by atoms with Gasteiger partial charge in [0.15, 0.2) is 0 Å². The smallest absolute Gasteiger partial charge is 0.324 e. The van der Waals surface area contributed by atoms with Gasteiger partial charge < -0.3 is 10.2 Å². The van der Waals surface area contributed by atoms with Crippen molar-refractivity contribution in [3.63, 3.8) is 0 Å². The van der Waals surface area contributed by atoms with E-state index in [4.69, 9.17) is 0 Å². The first-order valence-electron chi connectivity index (χ1n) is 7.00. The molecule has 1 N–H and O–H groups in total. The summed E-state index contributed by atoms with van der Waals surface area (Å²) in [6.07, 6.45) is -2.89. The fourth-order valence-electron chi connectivity index (χ4n) is 2.39. The molecule has 0 saturated carbocycles. The van der Waals surface area contributed by atoms with Gasteiger partial charge in [0.2, 0.25) is 0 Å². The molecule has 1 amide bonds. The number of halogens is 3. The number of hydrogen-bond donors (Lipinski definition) is 1. The lowest BCUT2D eigenvalue weighted by atomic mass is 9.99. The second-order valence-corrected chi connectivity index (χ2v) is 5.36. The van der Waals surface area contributed by atoms with Crippen molar-refractivity contribution < 1.29 is 27.6 Å². The number of carbonyl (C=O) groups is 2. The molecule has 2 aliphatic heterocycles. The highest BCUT2D eigenvalue weighted by Gasteiger charge is 2.44. The Hall–Kier alpha value is -2.35. The predicted molar refractivity (Wildman–Crippen MR) is 75.2 cm³/mol. The van der Waals surface area contributed by atoms with Crippen molar-refractivity contribution in [3.8, 4) is 0 Å². The number of rotatable bonds is 2. The molecule has 0 radical (unpaired) electrons. The highest BCUT2D eigenvalue weighted by molar-refractivity contribution is 5.97. The zero-order valence-electron chi connectivity index (χ0n) is 11.9. The summed E-state index contributed by atoms with van der Waals surface area (Å²) in [4.78, 5) is 27.2. The number of fused-ring (bicyclic) bond motifs is 1. The monoisotopic (exact) mass is 326 g/mol. The SMILES string of the molecule is O=C1CCc2ccc(C=C3CNC3)cc2N1OC(=O)C(F)(F)F. The third kappa shape index (κ3) is 3.21. The van der Waals surface area contributed by atoms with E-state index in [9.17, 15) is 22.8 Å². The van der Waals surface area contributed by atoms with Gasteiger partial charge in [-0.2, -0.15) is 13.2 Å². The van der Waals surface area contributed by atoms with E-state index in [2.05, 4.69) is 10.2 Å². The Kier molecular flexibility index (Phi) is 3.85. The molecule has 122 valence electrons. The Balaban J connectivity index is 1.91. The van der Waals surface area contributed by atoms with Gasteiger partial charge in [-0.25, -0.2) is 4.79 Å². The fraction of sp³-hybridized carbons (Fsp3) is 0.333. The Bertz CT molecular complexity index is 692. The van der Waals surface area contributed by atoms with Gasteiger partial charge >= 0.3 is 12.1 Å². The average Bonchev–Trinajstić information content (AvgIpc) is 2.44. The van der Waals surface area contributed by atoms with Crippen LogP contribution in [0.25, 0.3) is 6.08 Å². The largest absolute Gasteiger partial charge is 0.493 e. The Morgan fingerprint density at radius 1 is 1.26 bits per heavy atom. The van der Waals surface area contributed by atoms with Gasteiger partial charge in [0.1, 0.15) is 0 Å². The molecule has 1 fully saturated rings. The van der Waals surface area contributed by atoms with Crippen LogP contribution >= 0.6 is 0 Å². The van der Waals surface area contributed by atoms with Gasteiger partial charge in [0.25, 0.3) is 5.91 Å². The van der Waals surface area contributed by atoms with Crippen LogP contribution in [-0.2, 0) is 20.8 Å². The molecule has 0 spiro atoms. The van der Waals surface area contributed by atoms with Crippen molar-refractivity contribution in [2.24, 2.45) is 0 Å². The lowest BCUT2D eigenvalue weighted by molar-refractivity contribution is -0.201. The summed E-state index contributed by atoms with van der Waals surface area (Å²) in [7, 11) is 0. The molecule has 23 heavy (non-hydrogen) atoms. The second-order valence-electron chi connectivity index (χ2n) is 5.36. The van der Waals surface area contributed by atoms with Gasteiger partial charge in [-0.3, -0.25) is 4.79 Å². The number of hydrogen-bond acceptors (Lipinski definition) is 4. The second kappa shape index (κ2) is 5.69. The van der Waals surface area contributed by atoms with E-state index in [1.165, 1.54) is 0 Å². The summed E-state index contributed by atoms with van der Waals surface area (Å²) in [5, 5.41) is 3.53. The van der Waals surface area contributed by atoms with Gasteiger partial charge in [-0.1, -0.05) is 18.2 Å². The summed E-state index contributed by atoms with van der Waals surface area (Å²) in [6.45, 7) is 1.51. The van der Waals surface area contributed by atoms with E-state index in [0.717, 1.165) is 24.2 Å². The minimum atomic E-state index is -5.16. The maximum Gasteiger partial charge on any atom is 0.493 e. The van der Waals surface area contributed by atoms with Crippen molar-refractivity contribution in [2.45, 2.75) is 19.0 Å². The minimum Gasteiger partial charge on any atom is -0.324 e. The highest BCUT2D eigenvalue weighted by Crippen LogP contribution is 2.31. The summed E-state index contributed by atoms with van der Waals surface area (Å²) in [5.74, 6) is -3.09. The van der Waals surface area contributed by atoms with E-state index in [-0.39, 0.29) is 12.1 Å². The van der Waals surface area contributed by atoms with Crippen LogP contribution in [0.3, 0.4) is 0 Å². The van der Waals surface area contributed by atoms with Crippen molar-refractivity contribution >= 4 is 23.6 Å². The Morgan fingerprint density at radius 2 is 2.00 bits per heavy atom. The van der Waals surface area contributed by atoms with Crippen molar-refractivity contribution in [3.05, 3.63) is 34.9 Å². The van der Waals surface area contributed by atoms with Crippen molar-refractivity contribution in [1.29, 1.82) is 0 Å². The number of carbonyl (C=O) groups excluding carboxylic acids is 2. The average molecular weight is 326 g/mol. The van der Waals surface area contributed by atoms with Crippen LogP contribution < -0.4 is 10.4 Å². The van der Waals surface area contributed by atoms with Gasteiger partial charge in [0.05, 0.1) is 5.69 Å². The molecule has 8 heteroatoms. The fourth-order valence-corrected chi connectivity index (χ4v) is 2.39. The third-order valence-electron chi connectivity index (χ3n) is 3.64. The van der Waals surface area contributed by atoms with Crippen LogP contribution in [0.1, 0.15) is 17.5 Å². The molecule has 0 bridgehead atoms. The number of nitrogens with one attached hydrogen (secondary N) is 1. The first kappa shape index (κ1) is 15.5. The number of alkyl halides is 3. The molecule has 0 aromatic heterocycles. The third-order valence-corrected chi connectivity index (χ3v) is 3.64. The summed E-state index contributed by atoms with van der Waals surface area (Å²) >= 11 is 0. The predicted octanol–water partition coefficient (Wildman–Crippen LogP) is 1.97. The normalized spacial score (nSPS) is 17.4. The van der Waals surface area contributed by atoms with Gasteiger partial charge in [0, 0.05) is 19.5 Å². The molecule has 1 aromatic rings. The molecular formula is C15H13F3N2O3. The number of benzene rings is 1. The molecule has 0 aliphatic carbocycles. The molecular weight excluding hydrogens is 313 g/mol. The van der Waals surface area contributed by atoms with Crippen LogP contribution in [-0.4, -0.2) is 31.1 Å². The van der Waals surface area contributed by atoms with Crippen LogP contribution in [0.2, 0.25) is 0 Å².